The first-order valence-corrected chi connectivity index (χ1v) is 7.87. The molecule has 0 amide bonds. The highest BCUT2D eigenvalue weighted by Crippen LogP contribution is 2.26. The summed E-state index contributed by atoms with van der Waals surface area (Å²) in [6, 6.07) is 4.60. The SMILES string of the molecule is Cc1ccc(C)c(OCCCC(C)(CO)NC(C)C)c1C. The van der Waals surface area contributed by atoms with E-state index in [2.05, 4.69) is 59.0 Å². The van der Waals surface area contributed by atoms with Crippen LogP contribution in [0.4, 0.5) is 0 Å². The summed E-state index contributed by atoms with van der Waals surface area (Å²) >= 11 is 0. The molecule has 0 heterocycles. The van der Waals surface area contributed by atoms with E-state index in [-0.39, 0.29) is 12.1 Å². The van der Waals surface area contributed by atoms with Crippen molar-refractivity contribution in [1.82, 2.24) is 5.32 Å². The van der Waals surface area contributed by atoms with E-state index in [1.54, 1.807) is 0 Å². The van der Waals surface area contributed by atoms with Crippen molar-refractivity contribution >= 4 is 0 Å². The average molecular weight is 293 g/mol. The Bertz CT molecular complexity index is 457. The molecule has 0 aliphatic heterocycles. The van der Waals surface area contributed by atoms with Gasteiger partial charge in [0, 0.05) is 11.6 Å². The highest BCUT2D eigenvalue weighted by atomic mass is 16.5. The molecule has 0 aliphatic rings. The van der Waals surface area contributed by atoms with E-state index in [9.17, 15) is 5.11 Å². The van der Waals surface area contributed by atoms with Gasteiger partial charge in [-0.3, -0.25) is 0 Å². The highest BCUT2D eigenvalue weighted by molar-refractivity contribution is 5.44. The molecule has 1 aromatic rings. The Morgan fingerprint density at radius 3 is 2.38 bits per heavy atom. The van der Waals surface area contributed by atoms with Gasteiger partial charge in [-0.05, 0) is 57.2 Å². The van der Waals surface area contributed by atoms with Crippen LogP contribution in [0.5, 0.6) is 5.75 Å². The Hall–Kier alpha value is -1.06. The highest BCUT2D eigenvalue weighted by Gasteiger charge is 2.23. The second-order valence-corrected chi connectivity index (χ2v) is 6.62. The number of ether oxygens (including phenoxy) is 1. The fourth-order valence-electron chi connectivity index (χ4n) is 2.68. The molecule has 2 N–H and O–H groups in total. The summed E-state index contributed by atoms with van der Waals surface area (Å²) in [7, 11) is 0. The maximum atomic E-state index is 9.57. The number of aryl methyl sites for hydroxylation is 2. The lowest BCUT2D eigenvalue weighted by Crippen LogP contribution is -2.49. The number of nitrogens with one attached hydrogen (secondary N) is 1. The lowest BCUT2D eigenvalue weighted by atomic mass is 9.96. The molecule has 1 aromatic carbocycles. The van der Waals surface area contributed by atoms with E-state index < -0.39 is 0 Å². The molecular weight excluding hydrogens is 262 g/mol. The molecule has 1 atom stereocenters. The van der Waals surface area contributed by atoms with Crippen molar-refractivity contribution in [3.63, 3.8) is 0 Å². The molecule has 1 rings (SSSR count). The van der Waals surface area contributed by atoms with Gasteiger partial charge < -0.3 is 15.2 Å². The van der Waals surface area contributed by atoms with Gasteiger partial charge in [0.05, 0.1) is 13.2 Å². The zero-order chi connectivity index (χ0) is 16.0. The van der Waals surface area contributed by atoms with Gasteiger partial charge in [0.2, 0.25) is 0 Å². The van der Waals surface area contributed by atoms with Gasteiger partial charge in [-0.2, -0.15) is 0 Å². The van der Waals surface area contributed by atoms with Crippen molar-refractivity contribution in [1.29, 1.82) is 0 Å². The first kappa shape index (κ1) is 18.0. The molecule has 0 aliphatic carbocycles. The standard InChI is InChI=1S/C18H31NO2/c1-13(2)19-18(6,12-20)10-7-11-21-17-15(4)9-8-14(3)16(17)5/h8-9,13,19-20H,7,10-12H2,1-6H3. The van der Waals surface area contributed by atoms with Crippen LogP contribution in [-0.2, 0) is 0 Å². The largest absolute Gasteiger partial charge is 0.493 e. The van der Waals surface area contributed by atoms with Crippen LogP contribution in [0.3, 0.4) is 0 Å². The average Bonchev–Trinajstić information content (AvgIpc) is 2.41. The second kappa shape index (κ2) is 7.81. The first-order valence-electron chi connectivity index (χ1n) is 7.87. The summed E-state index contributed by atoms with van der Waals surface area (Å²) in [5.74, 6) is 1.01. The molecular formula is C18H31NO2. The van der Waals surface area contributed by atoms with Crippen molar-refractivity contribution in [2.45, 2.75) is 66.0 Å². The Labute approximate surface area is 129 Å². The van der Waals surface area contributed by atoms with Crippen LogP contribution in [0.2, 0.25) is 0 Å². The molecule has 0 radical (unpaired) electrons. The van der Waals surface area contributed by atoms with E-state index in [0.29, 0.717) is 12.6 Å². The number of hydrogen-bond acceptors (Lipinski definition) is 3. The van der Waals surface area contributed by atoms with E-state index in [1.807, 2.05) is 0 Å². The monoisotopic (exact) mass is 293 g/mol. The molecule has 0 fully saturated rings. The lowest BCUT2D eigenvalue weighted by Gasteiger charge is -2.31. The fourth-order valence-corrected chi connectivity index (χ4v) is 2.68. The molecule has 3 heteroatoms. The predicted octanol–water partition coefficient (Wildman–Crippen LogP) is 3.52. The van der Waals surface area contributed by atoms with Crippen molar-refractivity contribution < 1.29 is 9.84 Å². The first-order chi connectivity index (χ1) is 9.79. The van der Waals surface area contributed by atoms with Crippen LogP contribution >= 0.6 is 0 Å². The number of aliphatic hydroxyl groups is 1. The van der Waals surface area contributed by atoms with Gasteiger partial charge in [-0.15, -0.1) is 0 Å². The maximum absolute atomic E-state index is 9.57. The lowest BCUT2D eigenvalue weighted by molar-refractivity contribution is 0.147. The topological polar surface area (TPSA) is 41.5 Å². The normalized spacial score (nSPS) is 14.3. The summed E-state index contributed by atoms with van der Waals surface area (Å²) in [5.41, 5.74) is 3.44. The van der Waals surface area contributed by atoms with Crippen LogP contribution in [0.15, 0.2) is 12.1 Å². The Morgan fingerprint density at radius 1 is 1.19 bits per heavy atom. The molecule has 3 nitrogen and oxygen atoms in total. The molecule has 120 valence electrons. The second-order valence-electron chi connectivity index (χ2n) is 6.62. The number of aliphatic hydroxyl groups excluding tert-OH is 1. The van der Waals surface area contributed by atoms with Gasteiger partial charge in [-0.1, -0.05) is 26.0 Å². The summed E-state index contributed by atoms with van der Waals surface area (Å²) in [4.78, 5) is 0. The quantitative estimate of drug-likeness (QED) is 0.721. The molecule has 1 unspecified atom stereocenters. The molecule has 0 spiro atoms. The predicted molar refractivity (Wildman–Crippen MR) is 89.1 cm³/mol. The van der Waals surface area contributed by atoms with Crippen LogP contribution in [-0.4, -0.2) is 29.9 Å². The summed E-state index contributed by atoms with van der Waals surface area (Å²) in [5, 5.41) is 13.0. The third kappa shape index (κ3) is 5.33. The Balaban J connectivity index is 2.53. The van der Waals surface area contributed by atoms with Crippen molar-refractivity contribution in [2.24, 2.45) is 0 Å². The fraction of sp³-hybridized carbons (Fsp3) is 0.667. The molecule has 21 heavy (non-hydrogen) atoms. The van der Waals surface area contributed by atoms with Crippen LogP contribution in [0.25, 0.3) is 0 Å². The number of benzene rings is 1. The third-order valence-electron chi connectivity index (χ3n) is 3.98. The third-order valence-corrected chi connectivity index (χ3v) is 3.98. The van der Waals surface area contributed by atoms with Gasteiger partial charge in [-0.25, -0.2) is 0 Å². The zero-order valence-electron chi connectivity index (χ0n) is 14.4. The smallest absolute Gasteiger partial charge is 0.125 e. The summed E-state index contributed by atoms with van der Waals surface area (Å²) in [6.45, 7) is 13.4. The minimum absolute atomic E-state index is 0.147. The molecule has 0 saturated heterocycles. The Kier molecular flexibility index (Phi) is 6.69. The van der Waals surface area contributed by atoms with Crippen LogP contribution < -0.4 is 10.1 Å². The summed E-state index contributed by atoms with van der Waals surface area (Å²) in [6.07, 6.45) is 1.81. The van der Waals surface area contributed by atoms with E-state index in [4.69, 9.17) is 4.74 Å². The van der Waals surface area contributed by atoms with Crippen LogP contribution in [0.1, 0.15) is 50.3 Å². The van der Waals surface area contributed by atoms with E-state index >= 15 is 0 Å². The van der Waals surface area contributed by atoms with Gasteiger partial charge >= 0.3 is 0 Å². The van der Waals surface area contributed by atoms with E-state index in [1.165, 1.54) is 16.7 Å². The van der Waals surface area contributed by atoms with E-state index in [0.717, 1.165) is 18.6 Å². The van der Waals surface area contributed by atoms with Crippen molar-refractivity contribution in [2.75, 3.05) is 13.2 Å². The molecule has 0 bridgehead atoms. The molecule has 0 saturated carbocycles. The Morgan fingerprint density at radius 2 is 1.81 bits per heavy atom. The van der Waals surface area contributed by atoms with Crippen molar-refractivity contribution in [3.8, 4) is 5.75 Å². The zero-order valence-corrected chi connectivity index (χ0v) is 14.4. The molecule has 0 aromatic heterocycles. The minimum Gasteiger partial charge on any atom is -0.493 e. The van der Waals surface area contributed by atoms with Crippen LogP contribution in [0, 0.1) is 20.8 Å². The van der Waals surface area contributed by atoms with Gasteiger partial charge in [0.15, 0.2) is 0 Å². The number of hydrogen-bond donors (Lipinski definition) is 2. The summed E-state index contributed by atoms with van der Waals surface area (Å²) < 4.78 is 5.98. The maximum Gasteiger partial charge on any atom is 0.125 e. The number of rotatable bonds is 8. The minimum atomic E-state index is -0.228. The van der Waals surface area contributed by atoms with Gasteiger partial charge in [0.25, 0.3) is 0 Å². The van der Waals surface area contributed by atoms with Crippen molar-refractivity contribution in [3.05, 3.63) is 28.8 Å². The van der Waals surface area contributed by atoms with Gasteiger partial charge in [0.1, 0.15) is 5.75 Å².